The van der Waals surface area contributed by atoms with Crippen LogP contribution >= 0.6 is 63.3 Å². The molecule has 0 fully saturated rings. The van der Waals surface area contributed by atoms with Gasteiger partial charge in [0.1, 0.15) is 0 Å². The van der Waals surface area contributed by atoms with Crippen LogP contribution in [-0.2, 0) is 20.2 Å². The van der Waals surface area contributed by atoms with Gasteiger partial charge in [-0.2, -0.15) is 0 Å². The molecule has 0 aliphatic carbocycles. The first kappa shape index (κ1) is 11.8. The van der Waals surface area contributed by atoms with Gasteiger partial charge in [-0.25, -0.2) is 0 Å². The first-order valence-corrected chi connectivity index (χ1v) is 14.5. The predicted octanol–water partition coefficient (Wildman–Crippen LogP) is 2.74. The minimum atomic E-state index is 1.28. The molecule has 4 heteroatoms. The molecule has 0 N–H and O–H groups in total. The van der Waals surface area contributed by atoms with Crippen LogP contribution in [0.2, 0.25) is 0 Å². The Morgan fingerprint density at radius 1 is 1.00 bits per heavy atom. The molecule has 0 amide bonds. The van der Waals surface area contributed by atoms with E-state index in [2.05, 4.69) is 63.3 Å². The van der Waals surface area contributed by atoms with Crippen molar-refractivity contribution in [2.75, 3.05) is 8.86 Å². The molecule has 0 saturated heterocycles. The average molecular weight is 587 g/mol. The SMILES string of the molecule is ICCI.[I][Hf]. The van der Waals surface area contributed by atoms with Crippen LogP contribution in [0.1, 0.15) is 0 Å². The van der Waals surface area contributed by atoms with Gasteiger partial charge in [0.2, 0.25) is 0 Å². The fourth-order valence-corrected chi connectivity index (χ4v) is 0. The van der Waals surface area contributed by atoms with E-state index < -0.39 is 0 Å². The van der Waals surface area contributed by atoms with E-state index in [0.29, 0.717) is 0 Å². The molecule has 6 heavy (non-hydrogen) atoms. The standard InChI is InChI=1S/C2H4I2.Hf.HI/c3-1-2-4;;/h1-2H2;;1H/q;+1;/p-1. The molecule has 0 aromatic heterocycles. The van der Waals surface area contributed by atoms with Crippen LogP contribution < -0.4 is 0 Å². The molecule has 0 atom stereocenters. The Bertz CT molecular complexity index is 10.8. The summed E-state index contributed by atoms with van der Waals surface area (Å²) in [6, 6.07) is 0. The summed E-state index contributed by atoms with van der Waals surface area (Å²) in [7, 11) is 0. The van der Waals surface area contributed by atoms with Crippen LogP contribution in [0.3, 0.4) is 0 Å². The van der Waals surface area contributed by atoms with E-state index in [4.69, 9.17) is 0 Å². The Hall–Kier alpha value is 3.06. The van der Waals surface area contributed by atoms with Crippen LogP contribution in [0.5, 0.6) is 0 Å². The van der Waals surface area contributed by atoms with E-state index in [1.54, 1.807) is 0 Å². The molecule has 0 bridgehead atoms. The van der Waals surface area contributed by atoms with Crippen molar-refractivity contribution in [1.82, 2.24) is 0 Å². The van der Waals surface area contributed by atoms with Gasteiger partial charge in [-0.05, 0) is 0 Å². The van der Waals surface area contributed by atoms with Crippen molar-refractivity contribution in [2.24, 2.45) is 0 Å². The van der Waals surface area contributed by atoms with Crippen molar-refractivity contribution in [1.29, 1.82) is 0 Å². The van der Waals surface area contributed by atoms with Crippen molar-refractivity contribution < 1.29 is 20.2 Å². The van der Waals surface area contributed by atoms with Gasteiger partial charge in [0.25, 0.3) is 0 Å². The molecule has 0 aromatic carbocycles. The van der Waals surface area contributed by atoms with Crippen LogP contribution in [0.4, 0.5) is 0 Å². The van der Waals surface area contributed by atoms with Crippen molar-refractivity contribution >= 4 is 63.3 Å². The van der Waals surface area contributed by atoms with E-state index >= 15 is 0 Å². The monoisotopic (exact) mass is 589 g/mol. The molecule has 0 aliphatic heterocycles. The van der Waals surface area contributed by atoms with Gasteiger partial charge in [0.05, 0.1) is 0 Å². The van der Waals surface area contributed by atoms with Gasteiger partial charge in [-0.15, -0.1) is 0 Å². The quantitative estimate of drug-likeness (QED) is 0.252. The predicted molar refractivity (Wildman–Crippen MR) is 51.8 cm³/mol. The fourth-order valence-electron chi connectivity index (χ4n) is 0. The van der Waals surface area contributed by atoms with Gasteiger partial charge in [0, 0.05) is 8.86 Å². The summed E-state index contributed by atoms with van der Waals surface area (Å²) in [4.78, 5) is 0. The van der Waals surface area contributed by atoms with Gasteiger partial charge in [0.15, 0.2) is 0 Å². The molecule has 0 unspecified atom stereocenters. The molecule has 0 aromatic rings. The maximum absolute atomic E-state index is 2.34. The molecule has 37 valence electrons. The topological polar surface area (TPSA) is 0 Å². The maximum atomic E-state index is 2.34. The Kier molecular flexibility index (Phi) is 30.9. The molecule has 0 spiro atoms. The van der Waals surface area contributed by atoms with Crippen molar-refractivity contribution in [3.8, 4) is 0 Å². The van der Waals surface area contributed by atoms with Crippen LogP contribution in [0.25, 0.3) is 0 Å². The summed E-state index contributed by atoms with van der Waals surface area (Å²) in [5.41, 5.74) is 0. The van der Waals surface area contributed by atoms with Crippen LogP contribution in [0, 0.1) is 0 Å². The summed E-state index contributed by atoms with van der Waals surface area (Å²) >= 11 is 8.25. The minimum absolute atomic E-state index is 1.28. The first-order valence-electron chi connectivity index (χ1n) is 1.22. The van der Waals surface area contributed by atoms with Crippen molar-refractivity contribution in [2.45, 2.75) is 0 Å². The molecule has 0 heterocycles. The molecule has 0 saturated carbocycles. The van der Waals surface area contributed by atoms with E-state index in [0.717, 1.165) is 0 Å². The molecule has 0 rings (SSSR count). The number of alkyl halides is 2. The van der Waals surface area contributed by atoms with Crippen molar-refractivity contribution in [3.05, 3.63) is 0 Å². The first-order chi connectivity index (χ1) is 2.91. The van der Waals surface area contributed by atoms with Crippen LogP contribution in [-0.4, -0.2) is 8.86 Å². The summed E-state index contributed by atoms with van der Waals surface area (Å²) in [5, 5.41) is 0. The molecule has 0 nitrogen and oxygen atoms in total. The van der Waals surface area contributed by atoms with E-state index in [1.165, 1.54) is 29.1 Å². The van der Waals surface area contributed by atoms with Gasteiger partial charge >= 0.3 is 38.4 Å². The normalized spacial score (nSPS) is 5.67. The Morgan fingerprint density at radius 2 is 1.17 bits per heavy atom. The summed E-state index contributed by atoms with van der Waals surface area (Å²) in [6.07, 6.45) is 0. The summed E-state index contributed by atoms with van der Waals surface area (Å²) in [6.45, 7) is 0. The second-order valence-corrected chi connectivity index (χ2v) is 2.54. The molecular formula is C2H4HfI3. The number of halogens is 3. The third-order valence-electron chi connectivity index (χ3n) is 0.0714. The Balaban J connectivity index is 0. The number of hydrogen-bond acceptors (Lipinski definition) is 0. The second kappa shape index (κ2) is 15.7. The van der Waals surface area contributed by atoms with Crippen molar-refractivity contribution in [3.63, 3.8) is 0 Å². The number of rotatable bonds is 1. The third-order valence-corrected chi connectivity index (χ3v) is 3.21. The van der Waals surface area contributed by atoms with Gasteiger partial charge < -0.3 is 0 Å². The zero-order valence-electron chi connectivity index (χ0n) is 3.05. The molecule has 0 aliphatic rings. The molecular weight excluding hydrogens is 583 g/mol. The third kappa shape index (κ3) is 15.7. The Morgan fingerprint density at radius 3 is 1.17 bits per heavy atom. The van der Waals surface area contributed by atoms with Gasteiger partial charge in [-0.3, -0.25) is 0 Å². The summed E-state index contributed by atoms with van der Waals surface area (Å²) in [5.74, 6) is 0. The zero-order chi connectivity index (χ0) is 5.41. The average Bonchev–Trinajstić information content (AvgIpc) is 1.72. The van der Waals surface area contributed by atoms with E-state index in [9.17, 15) is 0 Å². The molecule has 0 radical (unpaired) electrons. The summed E-state index contributed by atoms with van der Waals surface area (Å²) < 4.78 is 2.55. The second-order valence-electron chi connectivity index (χ2n) is 0.378. The fraction of sp³-hybridized carbons (Fsp3) is 1.00. The van der Waals surface area contributed by atoms with Gasteiger partial charge in [-0.1, -0.05) is 45.2 Å². The zero-order valence-corrected chi connectivity index (χ0v) is 13.1. The number of hydrogen-bond donors (Lipinski definition) is 0. The van der Waals surface area contributed by atoms with E-state index in [-0.39, 0.29) is 0 Å². The van der Waals surface area contributed by atoms with Crippen LogP contribution in [0.15, 0.2) is 0 Å². The Labute approximate surface area is 90.2 Å². The van der Waals surface area contributed by atoms with E-state index in [1.807, 2.05) is 0 Å².